The predicted octanol–water partition coefficient (Wildman–Crippen LogP) is 5.51. The minimum atomic E-state index is -0.402. The molecule has 0 radical (unpaired) electrons. The molecule has 3 aromatic heterocycles. The van der Waals surface area contributed by atoms with Gasteiger partial charge in [0.1, 0.15) is 5.76 Å². The Morgan fingerprint density at radius 2 is 1.78 bits per heavy atom. The van der Waals surface area contributed by atoms with Crippen molar-refractivity contribution in [2.75, 3.05) is 41.8 Å². The van der Waals surface area contributed by atoms with E-state index in [0.717, 1.165) is 48.6 Å². The van der Waals surface area contributed by atoms with E-state index in [0.29, 0.717) is 28.9 Å². The van der Waals surface area contributed by atoms with Crippen LogP contribution in [0.3, 0.4) is 0 Å². The number of imidazole rings is 1. The quantitative estimate of drug-likeness (QED) is 0.335. The Labute approximate surface area is 213 Å². The van der Waals surface area contributed by atoms with Crippen LogP contribution < -0.4 is 15.5 Å². The van der Waals surface area contributed by atoms with Gasteiger partial charge in [-0.2, -0.15) is 4.98 Å². The van der Waals surface area contributed by atoms with Gasteiger partial charge in [-0.15, -0.1) is 0 Å². The van der Waals surface area contributed by atoms with Gasteiger partial charge in [0, 0.05) is 41.5 Å². The average molecular weight is 501 g/mol. The van der Waals surface area contributed by atoms with Crippen LogP contribution in [0, 0.1) is 0 Å². The second-order valence-corrected chi connectivity index (χ2v) is 10.1. The highest BCUT2D eigenvalue weighted by Gasteiger charge is 2.20. The van der Waals surface area contributed by atoms with E-state index in [4.69, 9.17) is 13.7 Å². The molecule has 0 aliphatic carbocycles. The van der Waals surface area contributed by atoms with Crippen molar-refractivity contribution >= 4 is 40.1 Å². The van der Waals surface area contributed by atoms with Crippen LogP contribution in [0.4, 0.5) is 22.0 Å². The molecule has 5 aromatic rings. The van der Waals surface area contributed by atoms with Crippen LogP contribution in [0.1, 0.15) is 26.5 Å². The summed E-state index contributed by atoms with van der Waals surface area (Å²) < 4.78 is 18.8. The van der Waals surface area contributed by atoms with E-state index in [1.807, 2.05) is 55.6 Å². The number of fused-ring (bicyclic) bond motifs is 3. The molecule has 1 fully saturated rings. The number of nitrogens with zero attached hydrogens (tertiary/aromatic N) is 4. The topological polar surface area (TPSA) is 110 Å². The number of ether oxygens (including phenoxy) is 1. The summed E-state index contributed by atoms with van der Waals surface area (Å²) in [5.41, 5.74) is 4.34. The van der Waals surface area contributed by atoms with Crippen molar-refractivity contribution in [3.63, 3.8) is 0 Å². The number of hydrogen-bond donors (Lipinski definition) is 2. The van der Waals surface area contributed by atoms with E-state index in [1.165, 1.54) is 0 Å². The summed E-state index contributed by atoms with van der Waals surface area (Å²) in [5, 5.41) is 9.40. The van der Waals surface area contributed by atoms with Crippen LogP contribution in [0.15, 0.2) is 63.7 Å². The van der Waals surface area contributed by atoms with Gasteiger partial charge in [-0.3, -0.25) is 9.72 Å². The molecule has 0 bridgehead atoms. The fourth-order valence-electron chi connectivity index (χ4n) is 4.34. The monoisotopic (exact) mass is 500 g/mol. The zero-order chi connectivity index (χ0) is 25.6. The molecule has 10 heteroatoms. The number of urea groups is 1. The third-order valence-electron chi connectivity index (χ3n) is 6.38. The molecule has 37 heavy (non-hydrogen) atoms. The van der Waals surface area contributed by atoms with Crippen molar-refractivity contribution in [2.24, 2.45) is 0 Å². The van der Waals surface area contributed by atoms with Crippen molar-refractivity contribution in [2.45, 2.75) is 26.2 Å². The third kappa shape index (κ3) is 4.63. The Morgan fingerprint density at radius 1 is 1.00 bits per heavy atom. The lowest BCUT2D eigenvalue weighted by molar-refractivity contribution is 0.122. The lowest BCUT2D eigenvalue weighted by atomic mass is 9.93. The number of hydrogen-bond acceptors (Lipinski definition) is 7. The zero-order valence-electron chi connectivity index (χ0n) is 20.9. The molecule has 10 nitrogen and oxygen atoms in total. The Hall–Kier alpha value is -4.31. The van der Waals surface area contributed by atoms with E-state index < -0.39 is 6.03 Å². The van der Waals surface area contributed by atoms with E-state index in [-0.39, 0.29) is 5.41 Å². The van der Waals surface area contributed by atoms with Gasteiger partial charge in [0.05, 0.1) is 30.4 Å². The van der Waals surface area contributed by atoms with Gasteiger partial charge in [0.15, 0.2) is 11.6 Å². The first-order valence-electron chi connectivity index (χ1n) is 12.2. The first-order chi connectivity index (χ1) is 17.8. The number of nitrogens with one attached hydrogen (secondary N) is 2. The van der Waals surface area contributed by atoms with Gasteiger partial charge < -0.3 is 23.9 Å². The average Bonchev–Trinajstić information content (AvgIpc) is 3.59. The Morgan fingerprint density at radius 3 is 2.51 bits per heavy atom. The van der Waals surface area contributed by atoms with Gasteiger partial charge in [0.25, 0.3) is 0 Å². The minimum Gasteiger partial charge on any atom is -0.423 e. The van der Waals surface area contributed by atoms with Crippen molar-refractivity contribution in [1.29, 1.82) is 0 Å². The molecule has 0 saturated carbocycles. The Kier molecular flexibility index (Phi) is 5.60. The van der Waals surface area contributed by atoms with Crippen LogP contribution in [0.25, 0.3) is 28.2 Å². The maximum atomic E-state index is 12.4. The molecule has 6 rings (SSSR count). The number of carbonyl (C=O) groups is 1. The van der Waals surface area contributed by atoms with E-state index >= 15 is 0 Å². The van der Waals surface area contributed by atoms with Crippen molar-refractivity contribution < 1.29 is 18.5 Å². The van der Waals surface area contributed by atoms with Crippen LogP contribution >= 0.6 is 0 Å². The fourth-order valence-corrected chi connectivity index (χ4v) is 4.34. The Balaban J connectivity index is 1.15. The summed E-state index contributed by atoms with van der Waals surface area (Å²) in [6.07, 6.45) is 1.94. The summed E-state index contributed by atoms with van der Waals surface area (Å²) in [5.74, 6) is 2.28. The first kappa shape index (κ1) is 23.1. The summed E-state index contributed by atoms with van der Waals surface area (Å²) in [7, 11) is 0. The van der Waals surface area contributed by atoms with Crippen molar-refractivity contribution in [3.8, 4) is 11.3 Å². The normalized spacial score (nSPS) is 14.4. The minimum absolute atomic E-state index is 0.190. The van der Waals surface area contributed by atoms with Gasteiger partial charge in [0.2, 0.25) is 0 Å². The highest BCUT2D eigenvalue weighted by atomic mass is 16.5. The highest BCUT2D eigenvalue weighted by molar-refractivity contribution is 5.99. The Bertz CT molecular complexity index is 1570. The van der Waals surface area contributed by atoms with E-state index in [9.17, 15) is 4.79 Å². The number of anilines is 3. The SMILES string of the molecule is CC(C)(C)c1cc(NC(=O)Nc2ccc(-c3cn4c(nc5cc(N6CCOCC6)ccc54)o3)cc2)no1. The molecule has 190 valence electrons. The van der Waals surface area contributed by atoms with Crippen LogP contribution in [-0.2, 0) is 10.2 Å². The standard InChI is InChI=1S/C27H28N6O4/c1-27(2,3)23-15-24(31-37-23)30-25(34)28-18-6-4-17(5-7-18)22-16-33-21-9-8-19(32-10-12-35-13-11-32)14-20(21)29-26(33)36-22/h4-9,14-16H,10-13H2,1-3H3,(H2,28,30,31,34). The van der Waals surface area contributed by atoms with E-state index in [1.54, 1.807) is 6.07 Å². The van der Waals surface area contributed by atoms with Gasteiger partial charge in [-0.05, 0) is 42.5 Å². The summed E-state index contributed by atoms with van der Waals surface area (Å²) in [6, 6.07) is 15.0. The summed E-state index contributed by atoms with van der Waals surface area (Å²) in [4.78, 5) is 19.4. The number of morpholine rings is 1. The highest BCUT2D eigenvalue weighted by Crippen LogP contribution is 2.29. The molecule has 1 saturated heterocycles. The van der Waals surface area contributed by atoms with Crippen molar-refractivity contribution in [1.82, 2.24) is 14.5 Å². The molecular formula is C27H28N6O4. The molecule has 1 aliphatic rings. The smallest absolute Gasteiger partial charge is 0.324 e. The fraction of sp³-hybridized carbons (Fsp3) is 0.296. The molecule has 2 N–H and O–H groups in total. The third-order valence-corrected chi connectivity index (χ3v) is 6.38. The van der Waals surface area contributed by atoms with Gasteiger partial charge >= 0.3 is 11.9 Å². The number of benzene rings is 2. The van der Waals surface area contributed by atoms with Gasteiger partial charge in [-0.1, -0.05) is 25.9 Å². The molecule has 4 heterocycles. The molecule has 0 atom stereocenters. The molecule has 1 aliphatic heterocycles. The van der Waals surface area contributed by atoms with Crippen LogP contribution in [-0.4, -0.2) is 46.9 Å². The van der Waals surface area contributed by atoms with E-state index in [2.05, 4.69) is 43.9 Å². The molecule has 2 amide bonds. The number of carbonyl (C=O) groups excluding carboxylic acids is 1. The van der Waals surface area contributed by atoms with Gasteiger partial charge in [-0.25, -0.2) is 4.79 Å². The molecule has 0 spiro atoms. The van der Waals surface area contributed by atoms with Crippen LogP contribution in [0.5, 0.6) is 0 Å². The lowest BCUT2D eigenvalue weighted by Crippen LogP contribution is -2.36. The lowest BCUT2D eigenvalue weighted by Gasteiger charge is -2.28. The largest absolute Gasteiger partial charge is 0.423 e. The number of rotatable bonds is 4. The predicted molar refractivity (Wildman–Crippen MR) is 141 cm³/mol. The second kappa shape index (κ2) is 8.97. The number of amides is 2. The number of oxazole rings is 1. The number of aromatic nitrogens is 3. The molecule has 0 unspecified atom stereocenters. The molecule has 2 aromatic carbocycles. The first-order valence-corrected chi connectivity index (χ1v) is 12.2. The molecular weight excluding hydrogens is 472 g/mol. The van der Waals surface area contributed by atoms with Crippen molar-refractivity contribution in [3.05, 3.63) is 60.5 Å². The maximum absolute atomic E-state index is 12.4. The summed E-state index contributed by atoms with van der Waals surface area (Å²) >= 11 is 0. The summed E-state index contributed by atoms with van der Waals surface area (Å²) in [6.45, 7) is 9.29. The second-order valence-electron chi connectivity index (χ2n) is 10.1. The maximum Gasteiger partial charge on any atom is 0.324 e. The van der Waals surface area contributed by atoms with Crippen LogP contribution in [0.2, 0.25) is 0 Å². The zero-order valence-corrected chi connectivity index (χ0v) is 20.9.